The van der Waals surface area contributed by atoms with Crippen molar-refractivity contribution in [2.24, 2.45) is 5.73 Å². The molecule has 0 rings (SSSR count). The zero-order valence-corrected chi connectivity index (χ0v) is 39.9. The Morgan fingerprint density at radius 1 is 0.500 bits per heavy atom. The average molecular weight is 848 g/mol. The van der Waals surface area contributed by atoms with Crippen LogP contribution in [0, 0.1) is 0 Å². The Kier molecular flexibility index (Phi) is 39.4. The van der Waals surface area contributed by atoms with Crippen molar-refractivity contribution < 1.29 is 41.7 Å². The number of ether oxygens (including phenoxy) is 2. The summed E-state index contributed by atoms with van der Waals surface area (Å²) in [6.07, 6.45) is 37.3. The molecular formula is C47H96N2O8P+. The Morgan fingerprint density at radius 3 is 1.10 bits per heavy atom. The van der Waals surface area contributed by atoms with Crippen molar-refractivity contribution in [3.63, 3.8) is 0 Å². The number of hydrogen-bond acceptors (Lipinski definition) is 9. The lowest BCUT2D eigenvalue weighted by atomic mass is 10.0. The first-order valence-corrected chi connectivity index (χ1v) is 25.8. The summed E-state index contributed by atoms with van der Waals surface area (Å²) >= 11 is 0. The molecule has 0 aromatic heterocycles. The number of phosphoric ester groups is 1. The van der Waals surface area contributed by atoms with Crippen molar-refractivity contribution in [2.45, 2.75) is 238 Å². The Bertz CT molecular complexity index is 979. The van der Waals surface area contributed by atoms with Gasteiger partial charge < -0.3 is 19.7 Å². The normalized spacial score (nSPS) is 14.0. The lowest BCUT2D eigenvalue weighted by Crippen LogP contribution is -2.43. The topological polar surface area (TPSA) is 123 Å². The van der Waals surface area contributed by atoms with Crippen molar-refractivity contribution in [2.75, 3.05) is 54.6 Å². The van der Waals surface area contributed by atoms with Gasteiger partial charge in [-0.15, -0.1) is 0 Å². The predicted molar refractivity (Wildman–Crippen MR) is 242 cm³/mol. The fourth-order valence-corrected chi connectivity index (χ4v) is 8.06. The number of rotatable bonds is 45. The van der Waals surface area contributed by atoms with Gasteiger partial charge in [0.2, 0.25) is 0 Å². The van der Waals surface area contributed by atoms with Crippen LogP contribution in [0.5, 0.6) is 0 Å². The lowest BCUT2D eigenvalue weighted by molar-refractivity contribution is -0.870. The van der Waals surface area contributed by atoms with Crippen molar-refractivity contribution in [1.82, 2.24) is 0 Å². The molecule has 2 N–H and O–H groups in total. The van der Waals surface area contributed by atoms with Crippen LogP contribution in [0.15, 0.2) is 0 Å². The van der Waals surface area contributed by atoms with Crippen molar-refractivity contribution in [3.8, 4) is 0 Å². The molecule has 0 aliphatic heterocycles. The molecule has 0 saturated heterocycles. The summed E-state index contributed by atoms with van der Waals surface area (Å²) in [5.74, 6) is -0.813. The summed E-state index contributed by atoms with van der Waals surface area (Å²) in [4.78, 5) is 25.9. The maximum absolute atomic E-state index is 13.2. The number of esters is 2. The molecule has 0 amide bonds. The number of nitrogens with zero attached hydrogens (tertiary/aromatic N) is 1. The van der Waals surface area contributed by atoms with E-state index in [2.05, 4.69) is 13.8 Å². The minimum Gasteiger partial charge on any atom is -0.457 e. The van der Waals surface area contributed by atoms with Gasteiger partial charge in [0.05, 0.1) is 27.7 Å². The van der Waals surface area contributed by atoms with Gasteiger partial charge in [-0.25, -0.2) is 4.57 Å². The second-order valence-electron chi connectivity index (χ2n) is 17.8. The van der Waals surface area contributed by atoms with Gasteiger partial charge in [0.25, 0.3) is 0 Å². The highest BCUT2D eigenvalue weighted by atomic mass is 31.2. The molecule has 3 atom stereocenters. The second-order valence-corrected chi connectivity index (χ2v) is 19.6. The van der Waals surface area contributed by atoms with Gasteiger partial charge in [0.15, 0.2) is 12.2 Å². The van der Waals surface area contributed by atoms with E-state index in [1.807, 2.05) is 21.1 Å². The number of carbonyl (C=O) groups excluding carboxylic acids is 2. The highest BCUT2D eigenvalue weighted by molar-refractivity contribution is 7.48. The maximum Gasteiger partial charge on any atom is 0.474 e. The largest absolute Gasteiger partial charge is 0.474 e. The molecule has 0 aliphatic carbocycles. The van der Waals surface area contributed by atoms with Gasteiger partial charge in [-0.3, -0.25) is 23.2 Å². The summed E-state index contributed by atoms with van der Waals surface area (Å²) in [6.45, 7) is 4.84. The molecule has 0 aromatic carbocycles. The van der Waals surface area contributed by atoms with Crippen LogP contribution in [0.3, 0.4) is 0 Å². The highest BCUT2D eigenvalue weighted by Crippen LogP contribution is 2.48. The summed E-state index contributed by atoms with van der Waals surface area (Å²) < 4.78 is 41.7. The van der Waals surface area contributed by atoms with Crippen LogP contribution in [0.25, 0.3) is 0 Å². The zero-order valence-electron chi connectivity index (χ0n) is 39.1. The molecule has 11 heteroatoms. The van der Waals surface area contributed by atoms with Gasteiger partial charge in [-0.05, 0) is 12.8 Å². The Hall–Kier alpha value is -1.03. The first-order chi connectivity index (χ1) is 28.0. The first-order valence-electron chi connectivity index (χ1n) is 24.3. The van der Waals surface area contributed by atoms with E-state index in [4.69, 9.17) is 28.8 Å². The number of unbranched alkanes of at least 4 members (excludes halogenated alkanes) is 29. The molecule has 0 heterocycles. The third-order valence-corrected chi connectivity index (χ3v) is 12.5. The third kappa shape index (κ3) is 37.9. The number of likely N-dealkylation sites (N-methyl/N-ethyl adjacent to an activating group) is 1. The van der Waals surface area contributed by atoms with Crippen LogP contribution < -0.4 is 5.73 Å². The quantitative estimate of drug-likeness (QED) is 0.0276. The Labute approximate surface area is 358 Å². The molecule has 10 nitrogen and oxygen atoms in total. The van der Waals surface area contributed by atoms with E-state index < -0.39 is 32.0 Å². The Balaban J connectivity index is 4.63. The zero-order chi connectivity index (χ0) is 43.0. The molecule has 2 unspecified atom stereocenters. The van der Waals surface area contributed by atoms with E-state index in [9.17, 15) is 14.2 Å². The number of nitrogens with two attached hydrogens (primary N) is 1. The summed E-state index contributed by atoms with van der Waals surface area (Å²) in [7, 11) is 3.29. The van der Waals surface area contributed by atoms with Gasteiger partial charge in [-0.1, -0.05) is 200 Å². The summed E-state index contributed by atoms with van der Waals surface area (Å²) in [5, 5.41) is 0. The fraction of sp³-hybridized carbons (Fsp3) is 0.957. The van der Waals surface area contributed by atoms with E-state index >= 15 is 0 Å². The molecule has 346 valence electrons. The van der Waals surface area contributed by atoms with E-state index in [1.54, 1.807) is 0 Å². The molecule has 0 fully saturated rings. The molecular weight excluding hydrogens is 751 g/mol. The first kappa shape index (κ1) is 57.0. The molecule has 0 bridgehead atoms. The lowest BCUT2D eigenvalue weighted by Gasteiger charge is -2.28. The molecule has 0 aromatic rings. The summed E-state index contributed by atoms with van der Waals surface area (Å²) in [6, 6.07) is 0. The molecule has 0 radical (unpaired) electrons. The standard InChI is InChI=1S/C47H96N2O8P/c1-7-9-11-13-15-17-19-21-23-25-27-29-31-33-35-37-39-47(51)57-45(43-55-58(52,53-6)54-41-40-49(3,4)5)44(42-48)56-46(50)38-36-34-32-30-28-26-24-22-20-18-16-14-12-10-8-2/h44-45H,7-43,48H2,1-6H3/q+1/t44-,45?,58?/m0/s1. The van der Waals surface area contributed by atoms with Gasteiger partial charge in [-0.2, -0.15) is 0 Å². The molecule has 0 spiro atoms. The number of phosphoric acid groups is 1. The van der Waals surface area contributed by atoms with Crippen LogP contribution in [-0.2, 0) is 37.2 Å². The van der Waals surface area contributed by atoms with Crippen molar-refractivity contribution in [3.05, 3.63) is 0 Å². The molecule has 0 aliphatic rings. The SMILES string of the molecule is CCCCCCCCCCCCCCCCCCC(=O)OC(COP(=O)(OC)OCC[N+](C)(C)C)[C@H](CN)OC(=O)CCCCCCCCCCCCCCCCC. The molecule has 58 heavy (non-hydrogen) atoms. The van der Waals surface area contributed by atoms with Crippen LogP contribution in [0.4, 0.5) is 0 Å². The number of quaternary nitrogens is 1. The van der Waals surface area contributed by atoms with Crippen LogP contribution in [0.1, 0.15) is 226 Å². The second kappa shape index (κ2) is 40.1. The molecule has 0 saturated carbocycles. The van der Waals surface area contributed by atoms with Crippen molar-refractivity contribution in [1.29, 1.82) is 0 Å². The smallest absolute Gasteiger partial charge is 0.457 e. The minimum absolute atomic E-state index is 0.0788. The third-order valence-electron chi connectivity index (χ3n) is 11.1. The van der Waals surface area contributed by atoms with E-state index in [0.717, 1.165) is 32.1 Å². The van der Waals surface area contributed by atoms with E-state index in [-0.39, 0.29) is 32.6 Å². The fourth-order valence-electron chi connectivity index (χ4n) is 7.14. The summed E-state index contributed by atoms with van der Waals surface area (Å²) in [5.41, 5.74) is 6.07. The van der Waals surface area contributed by atoms with Gasteiger partial charge >= 0.3 is 19.8 Å². The van der Waals surface area contributed by atoms with E-state index in [1.165, 1.54) is 168 Å². The number of hydrogen-bond donors (Lipinski definition) is 1. The van der Waals surface area contributed by atoms with Crippen LogP contribution in [0.2, 0.25) is 0 Å². The minimum atomic E-state index is -3.95. The van der Waals surface area contributed by atoms with Crippen LogP contribution in [-0.4, -0.2) is 83.2 Å². The number of carbonyl (C=O) groups is 2. The van der Waals surface area contributed by atoms with Gasteiger partial charge in [0.1, 0.15) is 13.2 Å². The highest BCUT2D eigenvalue weighted by Gasteiger charge is 2.33. The van der Waals surface area contributed by atoms with Crippen molar-refractivity contribution >= 4 is 19.8 Å². The Morgan fingerprint density at radius 2 is 0.810 bits per heavy atom. The van der Waals surface area contributed by atoms with E-state index in [0.29, 0.717) is 17.4 Å². The van der Waals surface area contributed by atoms with Gasteiger partial charge in [0, 0.05) is 26.5 Å². The monoisotopic (exact) mass is 848 g/mol. The maximum atomic E-state index is 13.2. The van der Waals surface area contributed by atoms with Crippen LogP contribution >= 0.6 is 7.82 Å². The predicted octanol–water partition coefficient (Wildman–Crippen LogP) is 13.2. The average Bonchev–Trinajstić information content (AvgIpc) is 3.19.